The minimum Gasteiger partial charge on any atom is -0.353 e. The van der Waals surface area contributed by atoms with Gasteiger partial charge in [-0.25, -0.2) is 0 Å². The van der Waals surface area contributed by atoms with Gasteiger partial charge >= 0.3 is 0 Å². The summed E-state index contributed by atoms with van der Waals surface area (Å²) < 4.78 is 0. The van der Waals surface area contributed by atoms with Crippen LogP contribution in [0.1, 0.15) is 65.7 Å². The number of hydrogen-bond acceptors (Lipinski definition) is 3. The van der Waals surface area contributed by atoms with E-state index in [1.807, 2.05) is 20.8 Å². The summed E-state index contributed by atoms with van der Waals surface area (Å²) in [6, 6.07) is 0.311. The van der Waals surface area contributed by atoms with Crippen LogP contribution in [0.2, 0.25) is 0 Å². The number of nitrogens with zero attached hydrogens (tertiary/aromatic N) is 1. The molecule has 2 rings (SSSR count). The van der Waals surface area contributed by atoms with Gasteiger partial charge in [0.15, 0.2) is 0 Å². The van der Waals surface area contributed by atoms with Gasteiger partial charge in [0.05, 0.1) is 6.04 Å². The summed E-state index contributed by atoms with van der Waals surface area (Å²) in [6.07, 6.45) is 7.34. The lowest BCUT2D eigenvalue weighted by molar-refractivity contribution is -0.134. The third kappa shape index (κ3) is 4.06. The summed E-state index contributed by atoms with van der Waals surface area (Å²) in [5.74, 6) is 0.683. The lowest BCUT2D eigenvalue weighted by Crippen LogP contribution is -2.56. The zero-order valence-electron chi connectivity index (χ0n) is 13.7. The first kappa shape index (κ1) is 16.5. The molecule has 0 radical (unpaired) electrons. The molecule has 4 nitrogen and oxygen atoms in total. The van der Waals surface area contributed by atoms with E-state index in [-0.39, 0.29) is 30.0 Å². The lowest BCUT2D eigenvalue weighted by atomic mass is 9.78. The summed E-state index contributed by atoms with van der Waals surface area (Å²) in [5.41, 5.74) is 0. The van der Waals surface area contributed by atoms with Gasteiger partial charge in [-0.15, -0.1) is 0 Å². The van der Waals surface area contributed by atoms with Crippen molar-refractivity contribution >= 4 is 11.7 Å². The molecular weight excluding hydrogens is 264 g/mol. The molecule has 3 unspecified atom stereocenters. The monoisotopic (exact) mass is 294 g/mol. The third-order valence-corrected chi connectivity index (χ3v) is 4.97. The number of hydrogen-bond donors (Lipinski definition) is 1. The van der Waals surface area contributed by atoms with Gasteiger partial charge in [-0.2, -0.15) is 0 Å². The van der Waals surface area contributed by atoms with Gasteiger partial charge in [-0.1, -0.05) is 12.8 Å². The second-order valence-electron chi connectivity index (χ2n) is 6.96. The molecule has 1 amide bonds. The zero-order chi connectivity index (χ0) is 15.4. The van der Waals surface area contributed by atoms with E-state index in [4.69, 9.17) is 0 Å². The Balaban J connectivity index is 2.07. The summed E-state index contributed by atoms with van der Waals surface area (Å²) in [5, 5.41) is 3.01. The first-order valence-corrected chi connectivity index (χ1v) is 8.59. The molecule has 2 aliphatic rings. The molecule has 0 aromatic carbocycles. The van der Waals surface area contributed by atoms with E-state index in [2.05, 4.69) is 10.2 Å². The number of rotatable bonds is 4. The van der Waals surface area contributed by atoms with Crippen LogP contribution >= 0.6 is 0 Å². The second kappa shape index (κ2) is 7.39. The fourth-order valence-corrected chi connectivity index (χ4v) is 3.87. The molecule has 2 fully saturated rings. The first-order valence-electron chi connectivity index (χ1n) is 8.59. The van der Waals surface area contributed by atoms with Crippen molar-refractivity contribution in [3.63, 3.8) is 0 Å². The van der Waals surface area contributed by atoms with E-state index in [0.717, 1.165) is 45.1 Å². The molecule has 0 aromatic heterocycles. The van der Waals surface area contributed by atoms with Crippen LogP contribution in [0.25, 0.3) is 0 Å². The Kier molecular flexibility index (Phi) is 5.80. The number of Topliss-reactive ketones (excluding diaryl/α,β-unsaturated/α-hetero) is 1. The Bertz CT molecular complexity index is 381. The van der Waals surface area contributed by atoms with Crippen LogP contribution in [0.15, 0.2) is 0 Å². The maximum absolute atomic E-state index is 12.3. The van der Waals surface area contributed by atoms with Gasteiger partial charge in [0.2, 0.25) is 5.91 Å². The number of likely N-dealkylation sites (tertiary alicyclic amines) is 1. The Labute approximate surface area is 128 Å². The van der Waals surface area contributed by atoms with Crippen molar-refractivity contribution in [1.82, 2.24) is 10.2 Å². The van der Waals surface area contributed by atoms with Crippen LogP contribution in [0.3, 0.4) is 0 Å². The van der Waals surface area contributed by atoms with Crippen molar-refractivity contribution in [2.45, 2.75) is 83.8 Å². The molecule has 3 atom stereocenters. The van der Waals surface area contributed by atoms with Crippen molar-refractivity contribution in [2.24, 2.45) is 5.92 Å². The van der Waals surface area contributed by atoms with Gasteiger partial charge in [-0.05, 0) is 53.0 Å². The zero-order valence-corrected chi connectivity index (χ0v) is 13.7. The maximum Gasteiger partial charge on any atom is 0.237 e. The highest BCUT2D eigenvalue weighted by Gasteiger charge is 2.38. The molecule has 1 saturated heterocycles. The van der Waals surface area contributed by atoms with Crippen molar-refractivity contribution < 1.29 is 9.59 Å². The van der Waals surface area contributed by atoms with Crippen LogP contribution in [0.5, 0.6) is 0 Å². The third-order valence-electron chi connectivity index (χ3n) is 4.97. The van der Waals surface area contributed by atoms with E-state index >= 15 is 0 Å². The van der Waals surface area contributed by atoms with Gasteiger partial charge in [0, 0.05) is 24.4 Å². The topological polar surface area (TPSA) is 49.4 Å². The van der Waals surface area contributed by atoms with Gasteiger partial charge in [0.1, 0.15) is 5.78 Å². The number of piperidine rings is 1. The fourth-order valence-electron chi connectivity index (χ4n) is 3.87. The summed E-state index contributed by atoms with van der Waals surface area (Å²) in [4.78, 5) is 26.9. The normalized spacial score (nSPS) is 29.4. The van der Waals surface area contributed by atoms with Crippen molar-refractivity contribution in [2.75, 3.05) is 6.54 Å². The molecule has 0 spiro atoms. The van der Waals surface area contributed by atoms with Gasteiger partial charge in [0.25, 0.3) is 0 Å². The minimum atomic E-state index is -0.132. The smallest absolute Gasteiger partial charge is 0.237 e. The summed E-state index contributed by atoms with van der Waals surface area (Å²) in [6.45, 7) is 6.91. The molecule has 1 N–H and O–H groups in total. The van der Waals surface area contributed by atoms with Gasteiger partial charge in [-0.3, -0.25) is 14.5 Å². The highest BCUT2D eigenvalue weighted by Crippen LogP contribution is 2.32. The lowest BCUT2D eigenvalue weighted by Gasteiger charge is -2.43. The molecule has 4 heteroatoms. The first-order chi connectivity index (χ1) is 10.0. The molecule has 0 bridgehead atoms. The van der Waals surface area contributed by atoms with Crippen LogP contribution in [-0.2, 0) is 9.59 Å². The minimum absolute atomic E-state index is 0.0974. The molecule has 1 aliphatic heterocycles. The van der Waals surface area contributed by atoms with Crippen LogP contribution in [0.4, 0.5) is 0 Å². The summed E-state index contributed by atoms with van der Waals surface area (Å²) >= 11 is 0. The Hall–Kier alpha value is -0.900. The Morgan fingerprint density at radius 1 is 1.14 bits per heavy atom. The number of ketones is 1. The molecule has 1 saturated carbocycles. The van der Waals surface area contributed by atoms with Crippen molar-refractivity contribution in [3.05, 3.63) is 0 Å². The van der Waals surface area contributed by atoms with E-state index in [1.165, 1.54) is 6.42 Å². The molecule has 1 heterocycles. The average Bonchev–Trinajstić information content (AvgIpc) is 2.46. The quantitative estimate of drug-likeness (QED) is 0.866. The fraction of sp³-hybridized carbons (Fsp3) is 0.882. The predicted octanol–water partition coefficient (Wildman–Crippen LogP) is 2.51. The van der Waals surface area contributed by atoms with Crippen LogP contribution < -0.4 is 5.32 Å². The number of carbonyl (C=O) groups is 2. The van der Waals surface area contributed by atoms with E-state index in [1.54, 1.807) is 0 Å². The number of nitrogens with one attached hydrogen (secondary N) is 1. The van der Waals surface area contributed by atoms with E-state index in [0.29, 0.717) is 5.78 Å². The van der Waals surface area contributed by atoms with Crippen molar-refractivity contribution in [1.29, 1.82) is 0 Å². The molecule has 120 valence electrons. The molecular formula is C17H30N2O2. The Morgan fingerprint density at radius 2 is 1.86 bits per heavy atom. The standard InChI is InChI=1S/C17H30N2O2/c1-12(2)18-17(21)13(3)19-11-7-6-9-15(19)14-8-4-5-10-16(14)20/h12-15H,4-11H2,1-3H3,(H,18,21). The average molecular weight is 294 g/mol. The molecule has 0 aromatic rings. The summed E-state index contributed by atoms with van der Waals surface area (Å²) in [7, 11) is 0. The highest BCUT2D eigenvalue weighted by atomic mass is 16.2. The Morgan fingerprint density at radius 3 is 2.52 bits per heavy atom. The highest BCUT2D eigenvalue weighted by molar-refractivity contribution is 5.83. The number of amides is 1. The van der Waals surface area contributed by atoms with E-state index in [9.17, 15) is 9.59 Å². The molecule has 21 heavy (non-hydrogen) atoms. The van der Waals surface area contributed by atoms with Crippen LogP contribution in [0, 0.1) is 5.92 Å². The molecule has 1 aliphatic carbocycles. The predicted molar refractivity (Wildman–Crippen MR) is 84.1 cm³/mol. The van der Waals surface area contributed by atoms with Gasteiger partial charge < -0.3 is 5.32 Å². The maximum atomic E-state index is 12.3. The van der Waals surface area contributed by atoms with Crippen LogP contribution in [-0.4, -0.2) is 41.3 Å². The second-order valence-corrected chi connectivity index (χ2v) is 6.96. The SMILES string of the molecule is CC(C)NC(=O)C(C)N1CCCCC1C1CCCCC1=O. The number of carbonyl (C=O) groups excluding carboxylic acids is 2. The van der Waals surface area contributed by atoms with E-state index < -0.39 is 0 Å². The van der Waals surface area contributed by atoms with Crippen molar-refractivity contribution in [3.8, 4) is 0 Å². The largest absolute Gasteiger partial charge is 0.353 e.